The van der Waals surface area contributed by atoms with Crippen LogP contribution in [0.2, 0.25) is 0 Å². The minimum Gasteiger partial charge on any atom is -0.489 e. The monoisotopic (exact) mass is 441 g/mol. The molecular weight excluding hydrogens is 417 g/mol. The summed E-state index contributed by atoms with van der Waals surface area (Å²) in [4.78, 5) is 27.5. The van der Waals surface area contributed by atoms with Gasteiger partial charge in [0, 0.05) is 38.7 Å². The van der Waals surface area contributed by atoms with Crippen LogP contribution in [0.4, 0.5) is 4.39 Å². The molecule has 162 valence electrons. The largest absolute Gasteiger partial charge is 0.489 e. The Morgan fingerprint density at radius 3 is 2.68 bits per heavy atom. The number of nitrogens with one attached hydrogen (secondary N) is 1. The molecule has 0 spiro atoms. The molecular formula is C24H24FNO4S. The molecule has 31 heavy (non-hydrogen) atoms. The van der Waals surface area contributed by atoms with Gasteiger partial charge in [-0.1, -0.05) is 0 Å². The summed E-state index contributed by atoms with van der Waals surface area (Å²) in [6.45, 7) is 4.15. The molecule has 1 atom stereocenters. The number of hydrogen-bond acceptors (Lipinski definition) is 6. The highest BCUT2D eigenvalue weighted by Gasteiger charge is 2.39. The molecule has 0 unspecified atom stereocenters. The van der Waals surface area contributed by atoms with E-state index < -0.39 is 11.9 Å². The average molecular weight is 442 g/mol. The van der Waals surface area contributed by atoms with Crippen LogP contribution < -0.4 is 10.1 Å². The predicted molar refractivity (Wildman–Crippen MR) is 116 cm³/mol. The van der Waals surface area contributed by atoms with E-state index in [-0.39, 0.29) is 11.6 Å². The van der Waals surface area contributed by atoms with Crippen molar-refractivity contribution in [2.75, 3.05) is 7.11 Å². The number of ketones is 1. The van der Waals surface area contributed by atoms with Crippen LogP contribution in [0.15, 0.2) is 52.9 Å². The van der Waals surface area contributed by atoms with Crippen molar-refractivity contribution in [3.8, 4) is 5.75 Å². The quantitative estimate of drug-likeness (QED) is 0.668. The van der Waals surface area contributed by atoms with Crippen LogP contribution in [-0.2, 0) is 20.9 Å². The van der Waals surface area contributed by atoms with Gasteiger partial charge in [0.2, 0.25) is 0 Å². The summed E-state index contributed by atoms with van der Waals surface area (Å²) in [5.41, 5.74) is 3.74. The summed E-state index contributed by atoms with van der Waals surface area (Å²) in [5, 5.41) is 3.27. The van der Waals surface area contributed by atoms with Crippen molar-refractivity contribution < 1.29 is 23.5 Å². The van der Waals surface area contributed by atoms with Gasteiger partial charge in [0.05, 0.1) is 18.6 Å². The first-order chi connectivity index (χ1) is 14.9. The molecule has 0 fully saturated rings. The summed E-state index contributed by atoms with van der Waals surface area (Å²) in [5.74, 6) is -0.544. The van der Waals surface area contributed by atoms with E-state index in [2.05, 4.69) is 5.32 Å². The lowest BCUT2D eigenvalue weighted by Crippen LogP contribution is -2.33. The number of allylic oxidation sites excluding steroid dienone is 3. The Labute approximate surface area is 184 Å². The zero-order chi connectivity index (χ0) is 22.1. The van der Waals surface area contributed by atoms with Crippen molar-refractivity contribution in [2.45, 2.75) is 45.6 Å². The van der Waals surface area contributed by atoms with Crippen LogP contribution in [0.1, 0.15) is 47.4 Å². The zero-order valence-electron chi connectivity index (χ0n) is 17.7. The highest BCUT2D eigenvalue weighted by atomic mass is 32.1. The predicted octanol–water partition coefficient (Wildman–Crippen LogP) is 4.92. The number of benzene rings is 1. The van der Waals surface area contributed by atoms with Crippen LogP contribution in [0.5, 0.6) is 5.75 Å². The summed E-state index contributed by atoms with van der Waals surface area (Å²) in [6, 6.07) is 7.89. The third kappa shape index (κ3) is 4.14. The van der Waals surface area contributed by atoms with Crippen LogP contribution in [0.3, 0.4) is 0 Å². The Morgan fingerprint density at radius 1 is 1.23 bits per heavy atom. The highest BCUT2D eigenvalue weighted by Crippen LogP contribution is 2.45. The van der Waals surface area contributed by atoms with E-state index in [1.54, 1.807) is 23.5 Å². The number of esters is 1. The summed E-state index contributed by atoms with van der Waals surface area (Å²) in [6.07, 6.45) is 2.07. The topological polar surface area (TPSA) is 64.6 Å². The van der Waals surface area contributed by atoms with Gasteiger partial charge >= 0.3 is 5.97 Å². The average Bonchev–Trinajstić information content (AvgIpc) is 3.12. The summed E-state index contributed by atoms with van der Waals surface area (Å²) >= 11 is 1.55. The molecule has 1 aliphatic carbocycles. The molecule has 1 aromatic carbocycles. The number of aryl methyl sites for hydroxylation is 1. The number of rotatable bonds is 5. The van der Waals surface area contributed by atoms with Gasteiger partial charge in [-0.25, -0.2) is 9.18 Å². The number of Topliss-reactive ketones (excluding diaryl/α,β-unsaturated/α-hetero) is 1. The van der Waals surface area contributed by atoms with Crippen LogP contribution >= 0.6 is 11.3 Å². The molecule has 0 saturated carbocycles. The van der Waals surface area contributed by atoms with Gasteiger partial charge in [0.15, 0.2) is 5.78 Å². The molecule has 2 aliphatic rings. The molecule has 0 amide bonds. The molecule has 1 N–H and O–H groups in total. The van der Waals surface area contributed by atoms with Crippen molar-refractivity contribution >= 4 is 23.1 Å². The second kappa shape index (κ2) is 8.67. The van der Waals surface area contributed by atoms with Crippen molar-refractivity contribution in [2.24, 2.45) is 0 Å². The number of hydrogen-bond donors (Lipinski definition) is 1. The van der Waals surface area contributed by atoms with Crippen molar-refractivity contribution in [1.29, 1.82) is 0 Å². The molecule has 4 rings (SSSR count). The minimum absolute atomic E-state index is 0.0721. The van der Waals surface area contributed by atoms with Gasteiger partial charge in [-0.05, 0) is 57.0 Å². The molecule has 0 radical (unpaired) electrons. The molecule has 1 aromatic heterocycles. The Morgan fingerprint density at radius 2 is 1.97 bits per heavy atom. The maximum Gasteiger partial charge on any atom is 0.336 e. The summed E-state index contributed by atoms with van der Waals surface area (Å²) < 4.78 is 24.0. The second-order valence-corrected chi connectivity index (χ2v) is 9.02. The number of ether oxygens (including phenoxy) is 2. The SMILES string of the molecule is COC(=O)C1=C(C)NC2=C(C(=O)CCC2)[C@H]1c1cc(COc2ccc(F)cc2)c(C)s1. The van der Waals surface area contributed by atoms with Gasteiger partial charge in [-0.15, -0.1) is 11.3 Å². The molecule has 7 heteroatoms. The maximum absolute atomic E-state index is 13.1. The van der Waals surface area contributed by atoms with E-state index in [9.17, 15) is 14.0 Å². The minimum atomic E-state index is -0.445. The first-order valence-electron chi connectivity index (χ1n) is 10.2. The normalized spacial score (nSPS) is 18.6. The van der Waals surface area contributed by atoms with Crippen LogP contribution in [0.25, 0.3) is 0 Å². The fourth-order valence-corrected chi connectivity index (χ4v) is 5.33. The van der Waals surface area contributed by atoms with Crippen molar-refractivity contribution in [3.63, 3.8) is 0 Å². The van der Waals surface area contributed by atoms with E-state index in [1.807, 2.05) is 19.9 Å². The molecule has 0 bridgehead atoms. The fraction of sp³-hybridized carbons (Fsp3) is 0.333. The Bertz CT molecular complexity index is 1100. The van der Waals surface area contributed by atoms with Gasteiger partial charge < -0.3 is 14.8 Å². The molecule has 2 aromatic rings. The Hall–Kier alpha value is -2.93. The third-order valence-electron chi connectivity index (χ3n) is 5.71. The number of thiophene rings is 1. The molecule has 1 aliphatic heterocycles. The summed E-state index contributed by atoms with van der Waals surface area (Å²) in [7, 11) is 1.36. The first-order valence-corrected chi connectivity index (χ1v) is 11.0. The zero-order valence-corrected chi connectivity index (χ0v) is 18.5. The number of dihydropyridines is 1. The van der Waals surface area contributed by atoms with E-state index in [0.717, 1.165) is 39.6 Å². The van der Waals surface area contributed by atoms with Gasteiger partial charge in [-0.2, -0.15) is 0 Å². The lowest BCUT2D eigenvalue weighted by Gasteiger charge is -2.33. The lowest BCUT2D eigenvalue weighted by molar-refractivity contribution is -0.136. The van der Waals surface area contributed by atoms with Gasteiger partial charge in [0.25, 0.3) is 0 Å². The lowest BCUT2D eigenvalue weighted by atomic mass is 9.78. The van der Waals surface area contributed by atoms with Crippen LogP contribution in [-0.4, -0.2) is 18.9 Å². The van der Waals surface area contributed by atoms with Crippen molar-refractivity contribution in [3.05, 3.63) is 74.0 Å². The van der Waals surface area contributed by atoms with E-state index >= 15 is 0 Å². The molecule has 0 saturated heterocycles. The second-order valence-electron chi connectivity index (χ2n) is 7.73. The van der Waals surface area contributed by atoms with Crippen LogP contribution in [0, 0.1) is 12.7 Å². The Kier molecular flexibility index (Phi) is 5.96. The number of methoxy groups -OCH3 is 1. The molecule has 2 heterocycles. The van der Waals surface area contributed by atoms with Gasteiger partial charge in [0.1, 0.15) is 18.2 Å². The van der Waals surface area contributed by atoms with E-state index in [4.69, 9.17) is 9.47 Å². The number of carbonyl (C=O) groups is 2. The maximum atomic E-state index is 13.1. The van der Waals surface area contributed by atoms with Gasteiger partial charge in [-0.3, -0.25) is 4.79 Å². The van der Waals surface area contributed by atoms with E-state index in [1.165, 1.54) is 19.2 Å². The van der Waals surface area contributed by atoms with E-state index in [0.29, 0.717) is 29.9 Å². The fourth-order valence-electron chi connectivity index (χ4n) is 4.17. The smallest absolute Gasteiger partial charge is 0.336 e. The third-order valence-corrected chi connectivity index (χ3v) is 6.87. The first kappa shape index (κ1) is 21.3. The van der Waals surface area contributed by atoms with Crippen molar-refractivity contribution in [1.82, 2.24) is 5.32 Å². The standard InChI is InChI=1S/C24H24FNO4S/c1-13-21(24(28)29-3)23(22-18(26-13)5-4-6-19(22)27)20-11-15(14(2)31-20)12-30-17-9-7-16(25)8-10-17/h7-11,23,26H,4-6,12H2,1-3H3/t23-/m0/s1. The number of halogens is 1. The molecule has 5 nitrogen and oxygen atoms in total. The Balaban J connectivity index is 1.69. The number of carbonyl (C=O) groups excluding carboxylic acids is 2. The highest BCUT2D eigenvalue weighted by molar-refractivity contribution is 7.12.